The van der Waals surface area contributed by atoms with Gasteiger partial charge in [-0.3, -0.25) is 14.8 Å². The molecule has 2 rings (SSSR count). The van der Waals surface area contributed by atoms with E-state index >= 15 is 0 Å². The van der Waals surface area contributed by atoms with Crippen molar-refractivity contribution in [3.63, 3.8) is 0 Å². The summed E-state index contributed by atoms with van der Waals surface area (Å²) in [5.74, 6) is 0.315. The van der Waals surface area contributed by atoms with Crippen molar-refractivity contribution in [3.05, 3.63) is 30.1 Å². The van der Waals surface area contributed by atoms with Gasteiger partial charge < -0.3 is 10.9 Å². The number of piperazine rings is 1. The molecule has 6 heteroatoms. The second-order valence-electron chi connectivity index (χ2n) is 5.12. The first-order valence-electron chi connectivity index (χ1n) is 7.07. The third-order valence-corrected chi connectivity index (χ3v) is 3.85. The molecule has 0 radical (unpaired) electrons. The van der Waals surface area contributed by atoms with Gasteiger partial charge in [-0.1, -0.05) is 12.1 Å². The SMILES string of the molecule is CCC(C(N)=NO)N1CCN(Cc2ccncc2)CC1. The fourth-order valence-electron chi connectivity index (χ4n) is 2.70. The number of hydrogen-bond acceptors (Lipinski definition) is 5. The Morgan fingerprint density at radius 1 is 1.35 bits per heavy atom. The van der Waals surface area contributed by atoms with Crippen molar-refractivity contribution in [1.29, 1.82) is 0 Å². The van der Waals surface area contributed by atoms with Crippen LogP contribution in [-0.2, 0) is 6.54 Å². The summed E-state index contributed by atoms with van der Waals surface area (Å²) in [5, 5.41) is 12.0. The van der Waals surface area contributed by atoms with E-state index in [1.165, 1.54) is 5.56 Å². The van der Waals surface area contributed by atoms with E-state index < -0.39 is 0 Å². The van der Waals surface area contributed by atoms with Crippen LogP contribution < -0.4 is 5.73 Å². The third-order valence-electron chi connectivity index (χ3n) is 3.85. The summed E-state index contributed by atoms with van der Waals surface area (Å²) in [6.07, 6.45) is 4.52. The van der Waals surface area contributed by atoms with E-state index in [1.54, 1.807) is 0 Å². The number of rotatable bonds is 5. The molecule has 1 fully saturated rings. The van der Waals surface area contributed by atoms with Gasteiger partial charge in [0.25, 0.3) is 0 Å². The maximum absolute atomic E-state index is 8.83. The molecular formula is C14H23N5O. The third kappa shape index (κ3) is 3.68. The molecule has 0 aromatic carbocycles. The summed E-state index contributed by atoms with van der Waals surface area (Å²) < 4.78 is 0. The lowest BCUT2D eigenvalue weighted by Gasteiger charge is -2.38. The van der Waals surface area contributed by atoms with Crippen LogP contribution in [0.25, 0.3) is 0 Å². The van der Waals surface area contributed by atoms with Crippen molar-refractivity contribution >= 4 is 5.84 Å². The summed E-state index contributed by atoms with van der Waals surface area (Å²) in [6, 6.07) is 4.15. The molecule has 1 aromatic heterocycles. The molecule has 6 nitrogen and oxygen atoms in total. The standard InChI is InChI=1S/C14H23N5O/c1-2-13(14(15)17-20)19-9-7-18(8-10-19)11-12-3-5-16-6-4-12/h3-6,13,20H,2,7-11H2,1H3,(H2,15,17). The van der Waals surface area contributed by atoms with Gasteiger partial charge in [0.2, 0.25) is 0 Å². The topological polar surface area (TPSA) is 78.0 Å². The van der Waals surface area contributed by atoms with E-state index in [0.717, 1.165) is 39.1 Å². The highest BCUT2D eigenvalue weighted by molar-refractivity contribution is 5.85. The van der Waals surface area contributed by atoms with Crippen LogP contribution in [0, 0.1) is 0 Å². The zero-order chi connectivity index (χ0) is 14.4. The van der Waals surface area contributed by atoms with E-state index in [0.29, 0.717) is 5.84 Å². The second-order valence-corrected chi connectivity index (χ2v) is 5.12. The normalized spacial score (nSPS) is 19.9. The average molecular weight is 277 g/mol. The molecular weight excluding hydrogens is 254 g/mol. The Bertz CT molecular complexity index is 428. The molecule has 0 saturated carbocycles. The minimum absolute atomic E-state index is 0.0445. The Labute approximate surface area is 119 Å². The van der Waals surface area contributed by atoms with E-state index in [4.69, 9.17) is 10.9 Å². The van der Waals surface area contributed by atoms with Gasteiger partial charge in [-0.25, -0.2) is 0 Å². The minimum atomic E-state index is 0.0445. The van der Waals surface area contributed by atoms with Crippen molar-refractivity contribution in [3.8, 4) is 0 Å². The molecule has 2 heterocycles. The molecule has 1 saturated heterocycles. The van der Waals surface area contributed by atoms with Gasteiger partial charge in [0, 0.05) is 45.1 Å². The van der Waals surface area contributed by atoms with Gasteiger partial charge in [0.05, 0.1) is 6.04 Å². The summed E-state index contributed by atoms with van der Waals surface area (Å²) in [6.45, 7) is 6.90. The molecule has 0 bridgehead atoms. The van der Waals surface area contributed by atoms with Crippen LogP contribution in [0.3, 0.4) is 0 Å². The quantitative estimate of drug-likeness (QED) is 0.359. The monoisotopic (exact) mass is 277 g/mol. The summed E-state index contributed by atoms with van der Waals surface area (Å²) in [5.41, 5.74) is 7.04. The van der Waals surface area contributed by atoms with Crippen LogP contribution in [-0.4, -0.2) is 58.0 Å². The number of hydrogen-bond donors (Lipinski definition) is 2. The highest BCUT2D eigenvalue weighted by Gasteiger charge is 2.25. The lowest BCUT2D eigenvalue weighted by molar-refractivity contribution is 0.110. The molecule has 0 spiro atoms. The second kappa shape index (κ2) is 7.21. The van der Waals surface area contributed by atoms with Crippen LogP contribution in [0.5, 0.6) is 0 Å². The Morgan fingerprint density at radius 3 is 2.55 bits per heavy atom. The highest BCUT2D eigenvalue weighted by Crippen LogP contribution is 2.12. The van der Waals surface area contributed by atoms with Crippen LogP contribution in [0.4, 0.5) is 0 Å². The number of aromatic nitrogens is 1. The van der Waals surface area contributed by atoms with Gasteiger partial charge in [-0.2, -0.15) is 0 Å². The van der Waals surface area contributed by atoms with Gasteiger partial charge in [-0.15, -0.1) is 0 Å². The van der Waals surface area contributed by atoms with Gasteiger partial charge >= 0.3 is 0 Å². The molecule has 0 aliphatic carbocycles. The number of oxime groups is 1. The van der Waals surface area contributed by atoms with Crippen molar-refractivity contribution < 1.29 is 5.21 Å². The maximum atomic E-state index is 8.83. The lowest BCUT2D eigenvalue weighted by Crippen LogP contribution is -2.53. The van der Waals surface area contributed by atoms with E-state index in [2.05, 4.69) is 39.0 Å². The zero-order valence-corrected chi connectivity index (χ0v) is 11.9. The van der Waals surface area contributed by atoms with Crippen LogP contribution in [0.1, 0.15) is 18.9 Å². The number of nitrogens with zero attached hydrogens (tertiary/aromatic N) is 4. The van der Waals surface area contributed by atoms with Gasteiger partial charge in [-0.05, 0) is 24.1 Å². The van der Waals surface area contributed by atoms with E-state index in [9.17, 15) is 0 Å². The first-order valence-corrected chi connectivity index (χ1v) is 7.07. The van der Waals surface area contributed by atoms with Crippen LogP contribution in [0.2, 0.25) is 0 Å². The zero-order valence-electron chi connectivity index (χ0n) is 11.9. The Balaban J connectivity index is 1.86. The predicted octanol–water partition coefficient (Wildman–Crippen LogP) is 0.724. The van der Waals surface area contributed by atoms with Gasteiger partial charge in [0.15, 0.2) is 5.84 Å². The summed E-state index contributed by atoms with van der Waals surface area (Å²) >= 11 is 0. The molecule has 1 unspecified atom stereocenters. The van der Waals surface area contributed by atoms with Crippen molar-refractivity contribution in [2.24, 2.45) is 10.9 Å². The predicted molar refractivity (Wildman–Crippen MR) is 78.6 cm³/mol. The Morgan fingerprint density at radius 2 is 2.00 bits per heavy atom. The molecule has 3 N–H and O–H groups in total. The van der Waals surface area contributed by atoms with Crippen molar-refractivity contribution in [1.82, 2.24) is 14.8 Å². The largest absolute Gasteiger partial charge is 0.409 e. The smallest absolute Gasteiger partial charge is 0.156 e. The molecule has 20 heavy (non-hydrogen) atoms. The Kier molecular flexibility index (Phi) is 5.31. The molecule has 1 aliphatic rings. The maximum Gasteiger partial charge on any atom is 0.156 e. The first kappa shape index (κ1) is 14.7. The highest BCUT2D eigenvalue weighted by atomic mass is 16.4. The fraction of sp³-hybridized carbons (Fsp3) is 0.571. The van der Waals surface area contributed by atoms with Crippen LogP contribution in [0.15, 0.2) is 29.7 Å². The average Bonchev–Trinajstić information content (AvgIpc) is 2.50. The fourth-order valence-corrected chi connectivity index (χ4v) is 2.70. The van der Waals surface area contributed by atoms with Crippen molar-refractivity contribution in [2.75, 3.05) is 26.2 Å². The number of amidine groups is 1. The molecule has 1 atom stereocenters. The molecule has 1 aliphatic heterocycles. The van der Waals surface area contributed by atoms with Crippen molar-refractivity contribution in [2.45, 2.75) is 25.9 Å². The molecule has 1 aromatic rings. The summed E-state index contributed by atoms with van der Waals surface area (Å²) in [7, 11) is 0. The Hall–Kier alpha value is -1.66. The van der Waals surface area contributed by atoms with E-state index in [-0.39, 0.29) is 6.04 Å². The summed E-state index contributed by atoms with van der Waals surface area (Å²) in [4.78, 5) is 8.75. The lowest BCUT2D eigenvalue weighted by atomic mass is 10.1. The number of nitrogens with two attached hydrogens (primary N) is 1. The van der Waals surface area contributed by atoms with Crippen LogP contribution >= 0.6 is 0 Å². The minimum Gasteiger partial charge on any atom is -0.409 e. The first-order chi connectivity index (χ1) is 9.74. The van der Waals surface area contributed by atoms with Gasteiger partial charge in [0.1, 0.15) is 0 Å². The molecule has 0 amide bonds. The molecule has 110 valence electrons. The van der Waals surface area contributed by atoms with E-state index in [1.807, 2.05) is 12.4 Å². The number of pyridine rings is 1.